The van der Waals surface area contributed by atoms with E-state index in [1.807, 2.05) is 54.6 Å². The molecule has 2 aliphatic rings. The average molecular weight is 593 g/mol. The number of nitrogens with one attached hydrogen (secondary N) is 1. The Morgan fingerprint density at radius 3 is 2.36 bits per heavy atom. The molecule has 2 aliphatic heterocycles. The Kier molecular flexibility index (Phi) is 8.76. The van der Waals surface area contributed by atoms with Gasteiger partial charge in [-0.2, -0.15) is 0 Å². The van der Waals surface area contributed by atoms with Gasteiger partial charge in [-0.15, -0.1) is 0 Å². The van der Waals surface area contributed by atoms with E-state index in [9.17, 15) is 14.7 Å². The Morgan fingerprint density at radius 1 is 0.974 bits per heavy atom. The summed E-state index contributed by atoms with van der Waals surface area (Å²) >= 11 is 3.40. The van der Waals surface area contributed by atoms with Crippen LogP contribution in [0.15, 0.2) is 88.9 Å². The molecule has 1 amide bonds. The zero-order chi connectivity index (χ0) is 27.2. The van der Waals surface area contributed by atoms with Crippen LogP contribution in [0, 0.1) is 0 Å². The molecule has 1 atom stereocenters. The minimum Gasteiger partial charge on any atom is -0.507 e. The molecule has 0 spiro atoms. The van der Waals surface area contributed by atoms with Crippen LogP contribution < -0.4 is 9.64 Å². The fourth-order valence-corrected chi connectivity index (χ4v) is 5.38. The van der Waals surface area contributed by atoms with Crippen molar-refractivity contribution in [2.75, 3.05) is 39.4 Å². The quantitative estimate of drug-likeness (QED) is 0.225. The molecule has 0 bridgehead atoms. The number of benzene rings is 3. The second kappa shape index (κ2) is 12.6. The van der Waals surface area contributed by atoms with Crippen LogP contribution in [-0.2, 0) is 20.9 Å². The number of amides is 1. The molecule has 3 aromatic rings. The average Bonchev–Trinajstić information content (AvgIpc) is 3.22. The van der Waals surface area contributed by atoms with Crippen molar-refractivity contribution in [3.63, 3.8) is 0 Å². The smallest absolute Gasteiger partial charge is 0.295 e. The van der Waals surface area contributed by atoms with Gasteiger partial charge in [0.15, 0.2) is 0 Å². The molecule has 0 unspecified atom stereocenters. The third kappa shape index (κ3) is 6.41. The number of halogens is 1. The standard InChI is InChI=1S/C31H31BrN2O5/c32-25-11-7-24(8-12-25)29(35)27-28(23-9-13-26(14-10-23)39-21-22-5-2-1-3-6-22)34(31(37)30(27)36)16-4-15-33-17-19-38-20-18-33/h1-3,5-14,28,35H,4,15-21H2/p+1/t28-/m0/s1. The van der Waals surface area contributed by atoms with Crippen molar-refractivity contribution in [1.82, 2.24) is 4.90 Å². The molecule has 2 saturated heterocycles. The number of hydrogen-bond donors (Lipinski definition) is 2. The highest BCUT2D eigenvalue weighted by Crippen LogP contribution is 2.40. The Balaban J connectivity index is 1.41. The van der Waals surface area contributed by atoms with Crippen molar-refractivity contribution >= 4 is 33.4 Å². The first-order chi connectivity index (χ1) is 19.0. The maximum atomic E-state index is 13.3. The first-order valence-corrected chi connectivity index (χ1v) is 14.0. The predicted molar refractivity (Wildman–Crippen MR) is 151 cm³/mol. The van der Waals surface area contributed by atoms with Gasteiger partial charge in [0.05, 0.1) is 31.4 Å². The summed E-state index contributed by atoms with van der Waals surface area (Å²) in [7, 11) is 0. The summed E-state index contributed by atoms with van der Waals surface area (Å²) in [6.45, 7) is 5.11. The van der Waals surface area contributed by atoms with Crippen molar-refractivity contribution in [2.24, 2.45) is 0 Å². The van der Waals surface area contributed by atoms with Crippen molar-refractivity contribution in [2.45, 2.75) is 19.1 Å². The SMILES string of the molecule is O=C1C(=O)N(CCC[NH+]2CCOCC2)[C@@H](c2ccc(OCc3ccccc3)cc2)C1=C(O)c1ccc(Br)cc1. The highest BCUT2D eigenvalue weighted by Gasteiger charge is 2.46. The number of ether oxygens (including phenoxy) is 2. The van der Waals surface area contributed by atoms with Gasteiger partial charge in [0.25, 0.3) is 11.7 Å². The Labute approximate surface area is 236 Å². The van der Waals surface area contributed by atoms with Crippen molar-refractivity contribution in [3.05, 3.63) is 106 Å². The molecule has 39 heavy (non-hydrogen) atoms. The van der Waals surface area contributed by atoms with Crippen LogP contribution in [0.4, 0.5) is 0 Å². The highest BCUT2D eigenvalue weighted by atomic mass is 79.9. The number of ketones is 1. The van der Waals surface area contributed by atoms with Crippen LogP contribution in [0.1, 0.15) is 29.2 Å². The monoisotopic (exact) mass is 591 g/mol. The number of aliphatic hydroxyl groups is 1. The number of likely N-dealkylation sites (tertiary alicyclic amines) is 1. The lowest BCUT2D eigenvalue weighted by Gasteiger charge is -2.27. The lowest BCUT2D eigenvalue weighted by molar-refractivity contribution is -0.908. The maximum absolute atomic E-state index is 13.3. The van der Waals surface area contributed by atoms with E-state index in [4.69, 9.17) is 9.47 Å². The Morgan fingerprint density at radius 2 is 1.67 bits per heavy atom. The van der Waals surface area contributed by atoms with Gasteiger partial charge in [0.2, 0.25) is 0 Å². The van der Waals surface area contributed by atoms with Gasteiger partial charge < -0.3 is 24.4 Å². The van der Waals surface area contributed by atoms with Crippen molar-refractivity contribution in [1.29, 1.82) is 0 Å². The molecular weight excluding hydrogens is 560 g/mol. The van der Waals surface area contributed by atoms with Crippen LogP contribution in [0.3, 0.4) is 0 Å². The van der Waals surface area contributed by atoms with Crippen LogP contribution >= 0.6 is 15.9 Å². The van der Waals surface area contributed by atoms with E-state index < -0.39 is 17.7 Å². The lowest BCUT2D eigenvalue weighted by atomic mass is 9.95. The van der Waals surface area contributed by atoms with Gasteiger partial charge in [0, 0.05) is 23.0 Å². The number of Topliss-reactive ketones (excluding diaryl/α,β-unsaturated/α-hetero) is 1. The normalized spacial score (nSPS) is 19.4. The van der Waals surface area contributed by atoms with Gasteiger partial charge in [-0.1, -0.05) is 70.5 Å². The summed E-state index contributed by atoms with van der Waals surface area (Å²) in [5.41, 5.74) is 2.41. The predicted octanol–water partition coefficient (Wildman–Crippen LogP) is 3.76. The molecule has 2 heterocycles. The topological polar surface area (TPSA) is 80.5 Å². The van der Waals surface area contributed by atoms with Gasteiger partial charge >= 0.3 is 0 Å². The molecule has 0 aliphatic carbocycles. The Hall–Kier alpha value is -3.46. The second-order valence-electron chi connectivity index (χ2n) is 9.81. The van der Waals surface area contributed by atoms with E-state index in [1.165, 1.54) is 4.90 Å². The summed E-state index contributed by atoms with van der Waals surface area (Å²) < 4.78 is 12.2. The highest BCUT2D eigenvalue weighted by molar-refractivity contribution is 9.10. The molecule has 0 aromatic heterocycles. The zero-order valence-corrected chi connectivity index (χ0v) is 23.2. The first kappa shape index (κ1) is 27.1. The fourth-order valence-electron chi connectivity index (χ4n) is 5.12. The summed E-state index contributed by atoms with van der Waals surface area (Å²) in [6, 6.07) is 23.7. The molecule has 0 saturated carbocycles. The van der Waals surface area contributed by atoms with Gasteiger partial charge in [-0.3, -0.25) is 9.59 Å². The number of aliphatic hydroxyl groups excluding tert-OH is 1. The van der Waals surface area contributed by atoms with E-state index in [0.717, 1.165) is 54.9 Å². The van der Waals surface area contributed by atoms with E-state index in [0.29, 0.717) is 24.5 Å². The van der Waals surface area contributed by atoms with E-state index in [-0.39, 0.29) is 11.3 Å². The lowest BCUT2D eigenvalue weighted by Crippen LogP contribution is -3.14. The van der Waals surface area contributed by atoms with Crippen LogP contribution in [0.2, 0.25) is 0 Å². The van der Waals surface area contributed by atoms with Crippen LogP contribution in [0.25, 0.3) is 5.76 Å². The Bertz CT molecular complexity index is 1320. The summed E-state index contributed by atoms with van der Waals surface area (Å²) in [6.07, 6.45) is 0.745. The number of carbonyl (C=O) groups is 2. The molecule has 8 heteroatoms. The largest absolute Gasteiger partial charge is 0.507 e. The van der Waals surface area contributed by atoms with Crippen molar-refractivity contribution < 1.29 is 29.1 Å². The number of rotatable bonds is 9. The molecule has 2 N–H and O–H groups in total. The van der Waals surface area contributed by atoms with Crippen LogP contribution in [-0.4, -0.2) is 61.1 Å². The van der Waals surface area contributed by atoms with Crippen molar-refractivity contribution in [3.8, 4) is 5.75 Å². The van der Waals surface area contributed by atoms with Gasteiger partial charge in [-0.25, -0.2) is 0 Å². The summed E-state index contributed by atoms with van der Waals surface area (Å²) in [4.78, 5) is 29.6. The molecule has 3 aromatic carbocycles. The molecule has 5 rings (SSSR count). The van der Waals surface area contributed by atoms with Gasteiger partial charge in [0.1, 0.15) is 31.2 Å². The molecule has 0 radical (unpaired) electrons. The summed E-state index contributed by atoms with van der Waals surface area (Å²) in [5, 5.41) is 11.3. The minimum absolute atomic E-state index is 0.110. The maximum Gasteiger partial charge on any atom is 0.295 e. The first-order valence-electron chi connectivity index (χ1n) is 13.2. The zero-order valence-electron chi connectivity index (χ0n) is 21.6. The molecule has 7 nitrogen and oxygen atoms in total. The van der Waals surface area contributed by atoms with Crippen LogP contribution in [0.5, 0.6) is 5.75 Å². The number of nitrogens with zero attached hydrogens (tertiary/aromatic N) is 1. The number of morpholine rings is 1. The van der Waals surface area contributed by atoms with E-state index in [1.54, 1.807) is 29.2 Å². The van der Waals surface area contributed by atoms with Gasteiger partial charge in [-0.05, 0) is 35.4 Å². The number of carbonyl (C=O) groups excluding carboxylic acids is 2. The van der Waals surface area contributed by atoms with E-state index >= 15 is 0 Å². The van der Waals surface area contributed by atoms with E-state index in [2.05, 4.69) is 15.9 Å². The number of quaternary nitrogens is 1. The third-order valence-electron chi connectivity index (χ3n) is 7.23. The molecular formula is C31H32BrN2O5+. The molecule has 202 valence electrons. The second-order valence-corrected chi connectivity index (χ2v) is 10.7. The number of hydrogen-bond acceptors (Lipinski definition) is 5. The summed E-state index contributed by atoms with van der Waals surface area (Å²) in [5.74, 6) is -0.733. The fraction of sp³-hybridized carbons (Fsp3) is 0.290. The molecule has 2 fully saturated rings. The minimum atomic E-state index is -0.684. The third-order valence-corrected chi connectivity index (χ3v) is 7.76.